The molecule has 0 spiro atoms. The fourth-order valence-corrected chi connectivity index (χ4v) is 9.20. The van der Waals surface area contributed by atoms with Crippen molar-refractivity contribution < 1.29 is 9.90 Å². The van der Waals surface area contributed by atoms with Gasteiger partial charge in [-0.15, -0.1) is 0 Å². The fraction of sp³-hybridized carbons (Fsp3) is 0.960. The Morgan fingerprint density at radius 3 is 2.52 bits per heavy atom. The molecule has 9 atom stereocenters. The Kier molecular flexibility index (Phi) is 5.17. The summed E-state index contributed by atoms with van der Waals surface area (Å²) in [5, 5.41) is 9.13. The van der Waals surface area contributed by atoms with Crippen molar-refractivity contribution >= 4 is 5.97 Å². The molecule has 0 aliphatic heterocycles. The van der Waals surface area contributed by atoms with Crippen molar-refractivity contribution in [2.24, 2.45) is 52.3 Å². The molecule has 0 aromatic rings. The highest BCUT2D eigenvalue weighted by atomic mass is 16.4. The summed E-state index contributed by atoms with van der Waals surface area (Å²) >= 11 is 0. The molecular formula is C25H42O2. The minimum atomic E-state index is -0.623. The summed E-state index contributed by atoms with van der Waals surface area (Å²) in [5.41, 5.74) is 1.08. The molecule has 0 radical (unpaired) electrons. The summed E-state index contributed by atoms with van der Waals surface area (Å²) in [6.45, 7) is 10.2. The zero-order chi connectivity index (χ0) is 19.4. The lowest BCUT2D eigenvalue weighted by Crippen LogP contribution is -2.55. The molecule has 1 N–H and O–H groups in total. The first-order chi connectivity index (χ1) is 12.8. The molecule has 0 amide bonds. The predicted octanol–water partition coefficient (Wildman–Crippen LogP) is 6.78. The maximum Gasteiger partial charge on any atom is 0.303 e. The van der Waals surface area contributed by atoms with Crippen molar-refractivity contribution in [3.63, 3.8) is 0 Å². The third kappa shape index (κ3) is 3.08. The average molecular weight is 375 g/mol. The first kappa shape index (κ1) is 19.8. The molecule has 154 valence electrons. The molecule has 4 saturated carbocycles. The van der Waals surface area contributed by atoms with Crippen LogP contribution in [0.15, 0.2) is 0 Å². The molecule has 4 aliphatic carbocycles. The van der Waals surface area contributed by atoms with E-state index in [0.29, 0.717) is 23.2 Å². The molecule has 0 heterocycles. The Morgan fingerprint density at radius 2 is 1.78 bits per heavy atom. The highest BCUT2D eigenvalue weighted by Crippen LogP contribution is 2.69. The second-order valence-electron chi connectivity index (χ2n) is 11.6. The quantitative estimate of drug-likeness (QED) is 0.588. The lowest BCUT2D eigenvalue weighted by molar-refractivity contribution is -0.140. The van der Waals surface area contributed by atoms with Crippen LogP contribution in [0.2, 0.25) is 0 Å². The average Bonchev–Trinajstić information content (AvgIpc) is 2.97. The summed E-state index contributed by atoms with van der Waals surface area (Å²) in [4.78, 5) is 11.1. The topological polar surface area (TPSA) is 37.3 Å². The van der Waals surface area contributed by atoms with Crippen molar-refractivity contribution in [3.05, 3.63) is 0 Å². The van der Waals surface area contributed by atoms with E-state index in [4.69, 9.17) is 5.11 Å². The van der Waals surface area contributed by atoms with Crippen LogP contribution in [0, 0.1) is 52.3 Å². The van der Waals surface area contributed by atoms with Crippen molar-refractivity contribution in [2.45, 2.75) is 98.3 Å². The summed E-state index contributed by atoms with van der Waals surface area (Å²) < 4.78 is 0. The van der Waals surface area contributed by atoms with Crippen LogP contribution in [0.25, 0.3) is 0 Å². The molecule has 0 saturated heterocycles. The van der Waals surface area contributed by atoms with E-state index in [0.717, 1.165) is 41.9 Å². The highest BCUT2D eigenvalue weighted by Gasteiger charge is 2.61. The van der Waals surface area contributed by atoms with Gasteiger partial charge in [0.25, 0.3) is 0 Å². The Hall–Kier alpha value is -0.530. The maximum absolute atomic E-state index is 11.1. The second-order valence-corrected chi connectivity index (χ2v) is 11.6. The second kappa shape index (κ2) is 7.06. The molecule has 2 nitrogen and oxygen atoms in total. The number of carboxylic acids is 1. The van der Waals surface area contributed by atoms with E-state index in [-0.39, 0.29) is 0 Å². The zero-order valence-corrected chi connectivity index (χ0v) is 18.2. The largest absolute Gasteiger partial charge is 0.481 e. The van der Waals surface area contributed by atoms with Crippen LogP contribution in [0.1, 0.15) is 98.3 Å². The molecule has 0 aromatic carbocycles. The third-order valence-electron chi connectivity index (χ3n) is 10.5. The van der Waals surface area contributed by atoms with Gasteiger partial charge in [0.2, 0.25) is 0 Å². The Balaban J connectivity index is 1.56. The van der Waals surface area contributed by atoms with Crippen molar-refractivity contribution in [2.75, 3.05) is 0 Å². The number of aliphatic carboxylic acids is 1. The maximum atomic E-state index is 11.1. The van der Waals surface area contributed by atoms with Crippen LogP contribution < -0.4 is 0 Å². The van der Waals surface area contributed by atoms with Gasteiger partial charge >= 0.3 is 5.97 Å². The normalized spacial score (nSPS) is 50.4. The van der Waals surface area contributed by atoms with Crippen molar-refractivity contribution in [3.8, 4) is 0 Å². The van der Waals surface area contributed by atoms with E-state index in [2.05, 4.69) is 27.7 Å². The predicted molar refractivity (Wildman–Crippen MR) is 110 cm³/mol. The van der Waals surface area contributed by atoms with E-state index < -0.39 is 5.97 Å². The number of fused-ring (bicyclic) bond motifs is 5. The van der Waals surface area contributed by atoms with Crippen LogP contribution >= 0.6 is 0 Å². The number of rotatable bonds is 4. The Bertz CT molecular complexity index is 571. The molecule has 4 aliphatic rings. The van der Waals surface area contributed by atoms with E-state index in [1.807, 2.05) is 0 Å². The molecule has 27 heavy (non-hydrogen) atoms. The Labute approximate surface area is 166 Å². The van der Waals surface area contributed by atoms with Crippen LogP contribution in [0.5, 0.6) is 0 Å². The highest BCUT2D eigenvalue weighted by molar-refractivity contribution is 5.66. The van der Waals surface area contributed by atoms with Gasteiger partial charge in [-0.3, -0.25) is 4.79 Å². The standard InChI is InChI=1S/C25H42O2/c1-16(8-11-22(26)27)19-9-10-20-23-17(2)15-18-7-5-6-13-24(18,3)21(23)12-14-25(19,20)4/h16-21,23H,5-15H2,1-4H3,(H,26,27)/t16-,17?,18?,19-,20+,21+,23+,24+,25-/m1/s1. The summed E-state index contributed by atoms with van der Waals surface area (Å²) in [6, 6.07) is 0. The van der Waals surface area contributed by atoms with Gasteiger partial charge in [0.1, 0.15) is 0 Å². The molecule has 4 fully saturated rings. The minimum absolute atomic E-state index is 0.348. The molecule has 0 aromatic heterocycles. The van der Waals surface area contributed by atoms with Gasteiger partial charge in [0.15, 0.2) is 0 Å². The fourth-order valence-electron chi connectivity index (χ4n) is 9.20. The SMILES string of the molecule is CC1CC2CCCC[C@]2(C)[C@H]2CC[C@]3(C)[C@@H]([C@H](C)CCC(=O)O)CC[C@H]3[C@H]12. The van der Waals surface area contributed by atoms with E-state index in [1.165, 1.54) is 57.8 Å². The first-order valence-corrected chi connectivity index (χ1v) is 12.0. The lowest BCUT2D eigenvalue weighted by Gasteiger charge is -2.62. The van der Waals surface area contributed by atoms with Gasteiger partial charge < -0.3 is 5.11 Å². The first-order valence-electron chi connectivity index (χ1n) is 12.0. The molecule has 2 heteroatoms. The van der Waals surface area contributed by atoms with Crippen molar-refractivity contribution in [1.29, 1.82) is 0 Å². The van der Waals surface area contributed by atoms with Crippen LogP contribution in [-0.4, -0.2) is 11.1 Å². The molecule has 0 bridgehead atoms. The minimum Gasteiger partial charge on any atom is -0.481 e. The molecular weight excluding hydrogens is 332 g/mol. The Morgan fingerprint density at radius 1 is 1.04 bits per heavy atom. The lowest BCUT2D eigenvalue weighted by atomic mass is 9.42. The number of carbonyl (C=O) groups is 1. The van der Waals surface area contributed by atoms with E-state index in [1.54, 1.807) is 0 Å². The summed E-state index contributed by atoms with van der Waals surface area (Å²) in [7, 11) is 0. The van der Waals surface area contributed by atoms with Crippen LogP contribution in [-0.2, 0) is 4.79 Å². The van der Waals surface area contributed by atoms with Gasteiger partial charge in [-0.1, -0.05) is 40.5 Å². The van der Waals surface area contributed by atoms with Gasteiger partial charge in [0, 0.05) is 6.42 Å². The summed E-state index contributed by atoms with van der Waals surface area (Å²) in [6.07, 6.45) is 14.2. The monoisotopic (exact) mass is 374 g/mol. The third-order valence-corrected chi connectivity index (χ3v) is 10.5. The smallest absolute Gasteiger partial charge is 0.303 e. The number of hydrogen-bond donors (Lipinski definition) is 1. The molecule has 2 unspecified atom stereocenters. The van der Waals surface area contributed by atoms with Gasteiger partial charge in [-0.05, 0) is 104 Å². The zero-order valence-electron chi connectivity index (χ0n) is 18.2. The van der Waals surface area contributed by atoms with Gasteiger partial charge in [-0.25, -0.2) is 0 Å². The summed E-state index contributed by atoms with van der Waals surface area (Å²) in [5.74, 6) is 5.34. The van der Waals surface area contributed by atoms with Crippen LogP contribution in [0.4, 0.5) is 0 Å². The number of hydrogen-bond acceptors (Lipinski definition) is 1. The van der Waals surface area contributed by atoms with E-state index in [9.17, 15) is 4.79 Å². The van der Waals surface area contributed by atoms with Crippen LogP contribution in [0.3, 0.4) is 0 Å². The number of carboxylic acid groups (broad SMARTS) is 1. The van der Waals surface area contributed by atoms with Gasteiger partial charge in [0.05, 0.1) is 0 Å². The van der Waals surface area contributed by atoms with Gasteiger partial charge in [-0.2, -0.15) is 0 Å². The molecule has 4 rings (SSSR count). The van der Waals surface area contributed by atoms with E-state index >= 15 is 0 Å². The van der Waals surface area contributed by atoms with Crippen molar-refractivity contribution in [1.82, 2.24) is 0 Å².